The molecule has 0 saturated heterocycles. The van der Waals surface area contributed by atoms with E-state index in [-0.39, 0.29) is 24.9 Å². The van der Waals surface area contributed by atoms with Gasteiger partial charge in [0.1, 0.15) is 12.4 Å². The molecule has 6 nitrogen and oxygen atoms in total. The molecule has 0 spiro atoms. The molecule has 0 unspecified atom stereocenters. The third kappa shape index (κ3) is 4.70. The molecule has 4 aromatic rings. The summed E-state index contributed by atoms with van der Waals surface area (Å²) in [6.07, 6.45) is 0. The van der Waals surface area contributed by atoms with E-state index in [0.717, 1.165) is 33.4 Å². The molecule has 0 aliphatic heterocycles. The molecule has 0 atom stereocenters. The van der Waals surface area contributed by atoms with Gasteiger partial charge in [0.05, 0.1) is 17.6 Å². The fourth-order valence-electron chi connectivity index (χ4n) is 3.69. The van der Waals surface area contributed by atoms with Crippen LogP contribution >= 0.6 is 0 Å². The Labute approximate surface area is 187 Å². The summed E-state index contributed by atoms with van der Waals surface area (Å²) in [5.74, 6) is 0.303. The maximum Gasteiger partial charge on any atom is 0.251 e. The van der Waals surface area contributed by atoms with Crippen molar-refractivity contribution in [2.75, 3.05) is 5.32 Å². The van der Waals surface area contributed by atoms with Gasteiger partial charge in [-0.05, 0) is 56.7 Å². The zero-order valence-corrected chi connectivity index (χ0v) is 18.5. The highest BCUT2D eigenvalue weighted by Crippen LogP contribution is 2.19. The lowest BCUT2D eigenvalue weighted by molar-refractivity contribution is -0.116. The highest BCUT2D eigenvalue weighted by atomic mass is 16.2. The van der Waals surface area contributed by atoms with Crippen molar-refractivity contribution in [3.63, 3.8) is 0 Å². The minimum atomic E-state index is -0.177. The van der Waals surface area contributed by atoms with Crippen LogP contribution in [-0.2, 0) is 17.9 Å². The van der Waals surface area contributed by atoms with E-state index in [1.807, 2.05) is 79.9 Å². The van der Waals surface area contributed by atoms with Crippen molar-refractivity contribution in [1.29, 1.82) is 0 Å². The molecular formula is C26H26N4O2. The lowest BCUT2D eigenvalue weighted by Crippen LogP contribution is -2.26. The molecule has 2 amide bonds. The Morgan fingerprint density at radius 3 is 2.38 bits per heavy atom. The summed E-state index contributed by atoms with van der Waals surface area (Å²) in [4.78, 5) is 30.1. The van der Waals surface area contributed by atoms with Crippen molar-refractivity contribution in [1.82, 2.24) is 14.9 Å². The first-order chi connectivity index (χ1) is 15.4. The van der Waals surface area contributed by atoms with Gasteiger partial charge >= 0.3 is 0 Å². The molecule has 6 heteroatoms. The number of rotatable bonds is 6. The van der Waals surface area contributed by atoms with E-state index in [1.54, 1.807) is 12.1 Å². The van der Waals surface area contributed by atoms with E-state index in [9.17, 15) is 9.59 Å². The number of para-hydroxylation sites is 2. The zero-order valence-electron chi connectivity index (χ0n) is 18.5. The summed E-state index contributed by atoms with van der Waals surface area (Å²) >= 11 is 0. The average Bonchev–Trinajstić information content (AvgIpc) is 3.12. The summed E-state index contributed by atoms with van der Waals surface area (Å²) < 4.78 is 1.85. The van der Waals surface area contributed by atoms with Crippen molar-refractivity contribution >= 4 is 28.5 Å². The second-order valence-corrected chi connectivity index (χ2v) is 8.02. The Balaban J connectivity index is 1.54. The number of anilines is 1. The number of nitrogens with one attached hydrogen (secondary N) is 2. The van der Waals surface area contributed by atoms with Gasteiger partial charge in [-0.15, -0.1) is 0 Å². The molecule has 32 heavy (non-hydrogen) atoms. The van der Waals surface area contributed by atoms with Gasteiger partial charge in [-0.2, -0.15) is 0 Å². The third-order valence-electron chi connectivity index (χ3n) is 5.41. The molecule has 0 saturated carbocycles. The predicted octanol–water partition coefficient (Wildman–Crippen LogP) is 4.53. The minimum absolute atomic E-state index is 0.101. The van der Waals surface area contributed by atoms with Gasteiger partial charge < -0.3 is 15.2 Å². The standard InChI is InChI=1S/C26H26N4O2/c1-17-8-11-20(12-9-17)26(32)27-15-24-28-22-6-4-5-7-23(22)30(24)16-25(31)29-21-13-10-18(2)14-19(21)3/h4-14H,15-16H2,1-3H3,(H,27,32)(H,29,31). The maximum atomic E-state index is 12.9. The van der Waals surface area contributed by atoms with Crippen LogP contribution in [0.25, 0.3) is 11.0 Å². The number of aromatic nitrogens is 2. The number of nitrogens with zero attached hydrogens (tertiary/aromatic N) is 2. The molecule has 3 aromatic carbocycles. The number of aryl methyl sites for hydroxylation is 3. The summed E-state index contributed by atoms with van der Waals surface area (Å²) in [5.41, 5.74) is 6.27. The zero-order chi connectivity index (χ0) is 22.7. The van der Waals surface area contributed by atoms with Gasteiger partial charge in [-0.1, -0.05) is 47.5 Å². The Kier molecular flexibility index (Phi) is 6.03. The van der Waals surface area contributed by atoms with Crippen molar-refractivity contribution in [3.8, 4) is 0 Å². The molecule has 4 rings (SSSR count). The number of benzene rings is 3. The van der Waals surface area contributed by atoms with Crippen LogP contribution in [0.2, 0.25) is 0 Å². The van der Waals surface area contributed by atoms with Gasteiger partial charge in [-0.25, -0.2) is 4.98 Å². The van der Waals surface area contributed by atoms with Crippen molar-refractivity contribution in [2.45, 2.75) is 33.9 Å². The van der Waals surface area contributed by atoms with Crippen LogP contribution in [0.5, 0.6) is 0 Å². The number of imidazole rings is 1. The van der Waals surface area contributed by atoms with Crippen LogP contribution in [0.1, 0.15) is 32.9 Å². The van der Waals surface area contributed by atoms with Crippen LogP contribution < -0.4 is 10.6 Å². The maximum absolute atomic E-state index is 12.9. The van der Waals surface area contributed by atoms with Crippen molar-refractivity contribution < 1.29 is 9.59 Å². The van der Waals surface area contributed by atoms with Gasteiger partial charge in [0.2, 0.25) is 5.91 Å². The van der Waals surface area contributed by atoms with Crippen LogP contribution in [0.3, 0.4) is 0 Å². The van der Waals surface area contributed by atoms with Gasteiger partial charge in [0.15, 0.2) is 0 Å². The smallest absolute Gasteiger partial charge is 0.251 e. The molecule has 0 aliphatic rings. The monoisotopic (exact) mass is 426 g/mol. The SMILES string of the molecule is Cc1ccc(C(=O)NCc2nc3ccccc3n2CC(=O)Nc2ccc(C)cc2C)cc1. The quantitative estimate of drug-likeness (QED) is 0.476. The largest absolute Gasteiger partial charge is 0.345 e. The second kappa shape index (κ2) is 9.06. The van der Waals surface area contributed by atoms with Crippen molar-refractivity contribution in [2.24, 2.45) is 0 Å². The van der Waals surface area contributed by atoms with Crippen LogP contribution in [0.4, 0.5) is 5.69 Å². The van der Waals surface area contributed by atoms with E-state index in [4.69, 9.17) is 0 Å². The van der Waals surface area contributed by atoms with Gasteiger partial charge in [-0.3, -0.25) is 9.59 Å². The number of amides is 2. The van der Waals surface area contributed by atoms with E-state index < -0.39 is 0 Å². The molecule has 1 heterocycles. The molecule has 162 valence electrons. The van der Waals surface area contributed by atoms with E-state index in [2.05, 4.69) is 15.6 Å². The first kappa shape index (κ1) is 21.3. The molecule has 1 aromatic heterocycles. The van der Waals surface area contributed by atoms with Crippen LogP contribution in [0.15, 0.2) is 66.7 Å². The molecule has 0 radical (unpaired) electrons. The predicted molar refractivity (Wildman–Crippen MR) is 127 cm³/mol. The van der Waals surface area contributed by atoms with Crippen LogP contribution in [0, 0.1) is 20.8 Å². The normalized spacial score (nSPS) is 10.8. The number of hydrogen-bond acceptors (Lipinski definition) is 3. The Morgan fingerprint density at radius 1 is 0.906 bits per heavy atom. The lowest BCUT2D eigenvalue weighted by Gasteiger charge is -2.12. The molecule has 0 aliphatic carbocycles. The molecule has 0 fully saturated rings. The summed E-state index contributed by atoms with van der Waals surface area (Å²) in [7, 11) is 0. The number of hydrogen-bond donors (Lipinski definition) is 2. The summed E-state index contributed by atoms with van der Waals surface area (Å²) in [6.45, 7) is 6.30. The number of fused-ring (bicyclic) bond motifs is 1. The third-order valence-corrected chi connectivity index (χ3v) is 5.41. The topological polar surface area (TPSA) is 76.0 Å². The lowest BCUT2D eigenvalue weighted by atomic mass is 10.1. The minimum Gasteiger partial charge on any atom is -0.345 e. The Morgan fingerprint density at radius 2 is 1.62 bits per heavy atom. The van der Waals surface area contributed by atoms with E-state index in [1.165, 1.54) is 0 Å². The number of carbonyl (C=O) groups excluding carboxylic acids is 2. The average molecular weight is 427 g/mol. The van der Waals surface area contributed by atoms with E-state index >= 15 is 0 Å². The van der Waals surface area contributed by atoms with Gasteiger partial charge in [0, 0.05) is 11.3 Å². The van der Waals surface area contributed by atoms with E-state index in [0.29, 0.717) is 11.4 Å². The van der Waals surface area contributed by atoms with Crippen LogP contribution in [-0.4, -0.2) is 21.4 Å². The molecule has 0 bridgehead atoms. The fraction of sp³-hybridized carbons (Fsp3) is 0.192. The first-order valence-corrected chi connectivity index (χ1v) is 10.6. The first-order valence-electron chi connectivity index (χ1n) is 10.6. The Hall–Kier alpha value is -3.93. The molecule has 2 N–H and O–H groups in total. The number of carbonyl (C=O) groups is 2. The summed E-state index contributed by atoms with van der Waals surface area (Å²) in [6, 6.07) is 21.0. The Bertz CT molecular complexity index is 1290. The second-order valence-electron chi connectivity index (χ2n) is 8.02. The fourth-order valence-corrected chi connectivity index (χ4v) is 3.69. The highest BCUT2D eigenvalue weighted by Gasteiger charge is 2.15. The highest BCUT2D eigenvalue weighted by molar-refractivity contribution is 5.94. The summed E-state index contributed by atoms with van der Waals surface area (Å²) in [5, 5.41) is 5.91. The van der Waals surface area contributed by atoms with Gasteiger partial charge in [0.25, 0.3) is 5.91 Å². The molecular weight excluding hydrogens is 400 g/mol. The van der Waals surface area contributed by atoms with Crippen molar-refractivity contribution in [3.05, 3.63) is 94.8 Å².